The van der Waals surface area contributed by atoms with Crippen molar-refractivity contribution in [3.8, 4) is 28.3 Å². The zero-order valence-corrected chi connectivity index (χ0v) is 18.7. The maximum Gasteiger partial charge on any atom is 0.274 e. The molecule has 1 aliphatic carbocycles. The number of aromatic nitrogens is 6. The summed E-state index contributed by atoms with van der Waals surface area (Å²) in [5.74, 6) is 1.65. The van der Waals surface area contributed by atoms with Gasteiger partial charge in [-0.2, -0.15) is 0 Å². The number of pyridine rings is 3. The first-order valence-electron chi connectivity index (χ1n) is 11.4. The summed E-state index contributed by atoms with van der Waals surface area (Å²) in [5, 5.41) is 11.2. The Morgan fingerprint density at radius 2 is 1.80 bits per heavy atom. The first-order chi connectivity index (χ1) is 17.2. The average molecular weight is 460 g/mol. The summed E-state index contributed by atoms with van der Waals surface area (Å²) in [5.41, 5.74) is 4.76. The molecule has 4 heterocycles. The molecule has 0 atom stereocenters. The van der Waals surface area contributed by atoms with Crippen LogP contribution in [-0.2, 0) is 0 Å². The lowest BCUT2D eigenvalue weighted by Crippen LogP contribution is -2.13. The highest BCUT2D eigenvalue weighted by atomic mass is 16.1. The molecular weight excluding hydrogens is 438 g/mol. The van der Waals surface area contributed by atoms with Gasteiger partial charge in [0.25, 0.3) is 5.91 Å². The summed E-state index contributed by atoms with van der Waals surface area (Å²) in [6, 6.07) is 20.9. The summed E-state index contributed by atoms with van der Waals surface area (Å²) in [6.45, 7) is 0. The Balaban J connectivity index is 1.22. The molecule has 1 aliphatic rings. The minimum atomic E-state index is -0.294. The Kier molecular flexibility index (Phi) is 5.31. The van der Waals surface area contributed by atoms with E-state index in [0.29, 0.717) is 28.9 Å². The van der Waals surface area contributed by atoms with E-state index in [2.05, 4.69) is 42.6 Å². The molecule has 8 nitrogen and oxygen atoms in total. The number of benzene rings is 1. The van der Waals surface area contributed by atoms with E-state index < -0.39 is 0 Å². The largest absolute Gasteiger partial charge is 0.321 e. The van der Waals surface area contributed by atoms with Crippen molar-refractivity contribution >= 4 is 11.6 Å². The third-order valence-electron chi connectivity index (χ3n) is 5.93. The highest BCUT2D eigenvalue weighted by molar-refractivity contribution is 6.03. The van der Waals surface area contributed by atoms with Crippen molar-refractivity contribution in [3.63, 3.8) is 0 Å². The van der Waals surface area contributed by atoms with Crippen LogP contribution in [0.5, 0.6) is 0 Å². The molecule has 0 saturated heterocycles. The highest BCUT2D eigenvalue weighted by Gasteiger charge is 2.24. The molecule has 1 fully saturated rings. The van der Waals surface area contributed by atoms with Gasteiger partial charge in [0.05, 0.1) is 0 Å². The fourth-order valence-electron chi connectivity index (χ4n) is 3.96. The van der Waals surface area contributed by atoms with Gasteiger partial charge in [0.15, 0.2) is 5.82 Å². The average Bonchev–Trinajstić information content (AvgIpc) is 3.65. The molecule has 8 heteroatoms. The van der Waals surface area contributed by atoms with Gasteiger partial charge in [-0.05, 0) is 60.9 Å². The second-order valence-electron chi connectivity index (χ2n) is 8.42. The molecule has 35 heavy (non-hydrogen) atoms. The van der Waals surface area contributed by atoms with Crippen molar-refractivity contribution < 1.29 is 4.79 Å². The van der Waals surface area contributed by atoms with Gasteiger partial charge in [0.2, 0.25) is 0 Å². The predicted octanol–water partition coefficient (Wildman–Crippen LogP) is 4.92. The summed E-state index contributed by atoms with van der Waals surface area (Å²) in [7, 11) is 0. The number of hydrogen-bond acceptors (Lipinski definition) is 6. The third kappa shape index (κ3) is 4.41. The van der Waals surface area contributed by atoms with Gasteiger partial charge < -0.3 is 5.32 Å². The van der Waals surface area contributed by atoms with Crippen LogP contribution in [0, 0.1) is 0 Å². The predicted molar refractivity (Wildman–Crippen MR) is 132 cm³/mol. The van der Waals surface area contributed by atoms with Crippen molar-refractivity contribution in [3.05, 3.63) is 103 Å². The summed E-state index contributed by atoms with van der Waals surface area (Å²) < 4.78 is 1.80. The third-order valence-corrected chi connectivity index (χ3v) is 5.93. The van der Waals surface area contributed by atoms with E-state index in [1.807, 2.05) is 54.7 Å². The van der Waals surface area contributed by atoms with Gasteiger partial charge >= 0.3 is 0 Å². The van der Waals surface area contributed by atoms with Gasteiger partial charge in [-0.3, -0.25) is 19.3 Å². The number of amides is 1. The Hall–Kier alpha value is -4.72. The van der Waals surface area contributed by atoms with Crippen molar-refractivity contribution in [1.29, 1.82) is 0 Å². The van der Waals surface area contributed by atoms with E-state index in [9.17, 15) is 4.79 Å². The molecule has 0 bridgehead atoms. The van der Waals surface area contributed by atoms with Crippen molar-refractivity contribution in [1.82, 2.24) is 29.7 Å². The monoisotopic (exact) mass is 459 g/mol. The smallest absolute Gasteiger partial charge is 0.274 e. The van der Waals surface area contributed by atoms with Gasteiger partial charge in [-0.1, -0.05) is 24.3 Å². The SMILES string of the molecule is O=C(Nc1cccc(-c2nncn2-c2ccccn2)c1)c1cc(-c2ccc(C3CC3)nc2)ccn1. The van der Waals surface area contributed by atoms with Gasteiger partial charge in [0, 0.05) is 47.0 Å². The first-order valence-corrected chi connectivity index (χ1v) is 11.4. The quantitative estimate of drug-likeness (QED) is 0.387. The molecule has 0 spiro atoms. The van der Waals surface area contributed by atoms with Crippen LogP contribution in [0.2, 0.25) is 0 Å². The zero-order valence-electron chi connectivity index (χ0n) is 18.7. The minimum Gasteiger partial charge on any atom is -0.321 e. The molecule has 170 valence electrons. The van der Waals surface area contributed by atoms with Crippen LogP contribution >= 0.6 is 0 Å². The lowest BCUT2D eigenvalue weighted by atomic mass is 10.1. The van der Waals surface area contributed by atoms with Crippen LogP contribution in [0.15, 0.2) is 91.6 Å². The normalized spacial score (nSPS) is 12.9. The van der Waals surface area contributed by atoms with E-state index in [0.717, 1.165) is 22.4 Å². The second kappa shape index (κ2) is 8.90. The molecule has 1 amide bonds. The Morgan fingerprint density at radius 3 is 2.60 bits per heavy atom. The first kappa shape index (κ1) is 20.9. The molecule has 1 saturated carbocycles. The zero-order chi connectivity index (χ0) is 23.6. The maximum atomic E-state index is 13.0. The van der Waals surface area contributed by atoms with Gasteiger partial charge in [-0.15, -0.1) is 10.2 Å². The Bertz CT molecular complexity index is 1490. The van der Waals surface area contributed by atoms with E-state index in [1.54, 1.807) is 29.4 Å². The van der Waals surface area contributed by atoms with E-state index in [1.165, 1.54) is 12.8 Å². The number of nitrogens with one attached hydrogen (secondary N) is 1. The number of carbonyl (C=O) groups excluding carboxylic acids is 1. The molecule has 0 unspecified atom stereocenters. The van der Waals surface area contributed by atoms with Gasteiger partial charge in [-0.25, -0.2) is 4.98 Å². The van der Waals surface area contributed by atoms with Crippen LogP contribution < -0.4 is 5.32 Å². The lowest BCUT2D eigenvalue weighted by molar-refractivity contribution is 0.102. The number of nitrogens with zero attached hydrogens (tertiary/aromatic N) is 6. The number of carbonyl (C=O) groups is 1. The standard InChI is InChI=1S/C27H21N7O/c35-27(24-15-19(11-13-28-24)21-9-10-23(30-16-21)18-7-8-18)32-22-5-3-4-20(14-22)26-33-31-17-34(26)25-6-1-2-12-29-25/h1-6,9-18H,7-8H2,(H,32,35). The van der Waals surface area contributed by atoms with Crippen molar-refractivity contribution in [2.75, 3.05) is 5.32 Å². The summed E-state index contributed by atoms with van der Waals surface area (Å²) in [6.07, 6.45) is 9.28. The summed E-state index contributed by atoms with van der Waals surface area (Å²) >= 11 is 0. The van der Waals surface area contributed by atoms with Crippen LogP contribution in [0.25, 0.3) is 28.3 Å². The minimum absolute atomic E-state index is 0.294. The Labute approximate surface area is 201 Å². The number of anilines is 1. The van der Waals surface area contributed by atoms with Crippen LogP contribution in [0.4, 0.5) is 5.69 Å². The maximum absolute atomic E-state index is 13.0. The molecule has 5 aromatic rings. The molecule has 0 aliphatic heterocycles. The van der Waals surface area contributed by atoms with Crippen LogP contribution in [0.3, 0.4) is 0 Å². The van der Waals surface area contributed by atoms with Crippen LogP contribution in [-0.4, -0.2) is 35.6 Å². The van der Waals surface area contributed by atoms with Gasteiger partial charge in [0.1, 0.15) is 17.8 Å². The summed E-state index contributed by atoms with van der Waals surface area (Å²) in [4.78, 5) is 26.2. The fourth-order valence-corrected chi connectivity index (χ4v) is 3.96. The fraction of sp³-hybridized carbons (Fsp3) is 0.111. The van der Waals surface area contributed by atoms with Crippen molar-refractivity contribution in [2.24, 2.45) is 0 Å². The highest BCUT2D eigenvalue weighted by Crippen LogP contribution is 2.39. The molecule has 0 radical (unpaired) electrons. The van der Waals surface area contributed by atoms with E-state index in [-0.39, 0.29) is 5.91 Å². The van der Waals surface area contributed by atoms with Crippen LogP contribution in [0.1, 0.15) is 34.9 Å². The molecule has 1 N–H and O–H groups in total. The Morgan fingerprint density at radius 1 is 0.857 bits per heavy atom. The number of hydrogen-bond donors (Lipinski definition) is 1. The van der Waals surface area contributed by atoms with E-state index >= 15 is 0 Å². The molecular formula is C27H21N7O. The lowest BCUT2D eigenvalue weighted by Gasteiger charge is -2.09. The topological polar surface area (TPSA) is 98.5 Å². The van der Waals surface area contributed by atoms with Crippen molar-refractivity contribution in [2.45, 2.75) is 18.8 Å². The second-order valence-corrected chi connectivity index (χ2v) is 8.42. The molecule has 1 aromatic carbocycles. The molecule has 4 aromatic heterocycles. The van der Waals surface area contributed by atoms with E-state index in [4.69, 9.17) is 0 Å². The molecule has 6 rings (SSSR count). The number of rotatable bonds is 6.